The average molecular weight is 643 g/mol. The van der Waals surface area contributed by atoms with Crippen molar-refractivity contribution in [2.75, 3.05) is 19.6 Å². The molecule has 0 radical (unpaired) electrons. The van der Waals surface area contributed by atoms with E-state index in [1.165, 1.54) is 19.4 Å². The molecule has 1 aromatic heterocycles. The quantitative estimate of drug-likeness (QED) is 0.159. The second-order valence-electron chi connectivity index (χ2n) is 12.8. The van der Waals surface area contributed by atoms with Gasteiger partial charge in [-0.05, 0) is 60.4 Å². The summed E-state index contributed by atoms with van der Waals surface area (Å²) in [6.07, 6.45) is 4.55. The molecule has 2 fully saturated rings. The normalized spacial score (nSPS) is 15.3. The van der Waals surface area contributed by atoms with Gasteiger partial charge >= 0.3 is 0 Å². The topological polar surface area (TPSA) is 108 Å². The molecule has 0 atom stereocenters. The molecule has 0 bridgehead atoms. The van der Waals surface area contributed by atoms with Crippen molar-refractivity contribution in [3.63, 3.8) is 0 Å². The van der Waals surface area contributed by atoms with E-state index in [0.717, 1.165) is 54.1 Å². The lowest BCUT2D eigenvalue weighted by Gasteiger charge is -2.32. The predicted octanol–water partition coefficient (Wildman–Crippen LogP) is 6.16. The first-order chi connectivity index (χ1) is 23.6. The summed E-state index contributed by atoms with van der Waals surface area (Å²) in [5, 5.41) is 12.3. The smallest absolute Gasteiger partial charge is 0.274 e. The number of carbonyl (C=O) groups excluding carboxylic acids is 1. The number of hydrogen-bond acceptors (Lipinski definition) is 7. The van der Waals surface area contributed by atoms with Crippen molar-refractivity contribution >= 4 is 5.91 Å². The van der Waals surface area contributed by atoms with Crippen molar-refractivity contribution < 1.29 is 14.3 Å². The Morgan fingerprint density at radius 2 is 1.46 bits per heavy atom. The minimum absolute atomic E-state index is 0.0939. The van der Waals surface area contributed by atoms with E-state index in [9.17, 15) is 4.79 Å². The van der Waals surface area contributed by atoms with Crippen LogP contribution in [-0.2, 0) is 19.8 Å². The van der Waals surface area contributed by atoms with Crippen molar-refractivity contribution in [2.24, 2.45) is 11.7 Å². The molecular formula is C39H42N6O3. The maximum Gasteiger partial charge on any atom is 0.274 e. The second kappa shape index (κ2) is 14.8. The molecule has 1 saturated carbocycles. The van der Waals surface area contributed by atoms with Gasteiger partial charge in [0.2, 0.25) is 0 Å². The third-order valence-electron chi connectivity index (χ3n) is 9.13. The van der Waals surface area contributed by atoms with Crippen LogP contribution in [0, 0.1) is 5.92 Å². The maximum atomic E-state index is 13.9. The van der Waals surface area contributed by atoms with Gasteiger partial charge < -0.3 is 25.4 Å². The summed E-state index contributed by atoms with van der Waals surface area (Å²) in [4.78, 5) is 16.4. The highest BCUT2D eigenvalue weighted by molar-refractivity contribution is 5.98. The SMILES string of the molecule is NCc1ccc(-c2c(C(=O)NC3CCN(CC4CC4)CC3)nnn2-c2ccc(OCc3ccccc3)cc2OCc2ccccc2)cc1. The van der Waals surface area contributed by atoms with Crippen molar-refractivity contribution in [3.8, 4) is 28.4 Å². The monoisotopic (exact) mass is 642 g/mol. The Morgan fingerprint density at radius 3 is 2.10 bits per heavy atom. The molecule has 3 N–H and O–H groups in total. The molecular weight excluding hydrogens is 600 g/mol. The summed E-state index contributed by atoms with van der Waals surface area (Å²) in [6.45, 7) is 4.38. The first-order valence-electron chi connectivity index (χ1n) is 16.9. The summed E-state index contributed by atoms with van der Waals surface area (Å²) in [5.74, 6) is 1.86. The standard InChI is InChI=1S/C39H42N6O3/c40-24-28-13-15-32(16-14-28)38-37(39(46)41-33-19-21-44(22-20-33)25-29-11-12-29)42-43-45(38)35-18-17-34(47-26-30-7-3-1-4-8-30)23-36(35)48-27-31-9-5-2-6-10-31/h1-10,13-18,23,29,33H,11-12,19-22,24-27,40H2,(H,41,46). The number of amides is 1. The van der Waals surface area contributed by atoms with Gasteiger partial charge in [0.15, 0.2) is 5.69 Å². The molecule has 1 aliphatic heterocycles. The summed E-state index contributed by atoms with van der Waals surface area (Å²) in [7, 11) is 0. The molecule has 246 valence electrons. The van der Waals surface area contributed by atoms with E-state index in [4.69, 9.17) is 15.2 Å². The number of nitrogens with zero attached hydrogens (tertiary/aromatic N) is 4. The average Bonchev–Trinajstić information content (AvgIpc) is 3.85. The van der Waals surface area contributed by atoms with Crippen LogP contribution < -0.4 is 20.5 Å². The van der Waals surface area contributed by atoms with Gasteiger partial charge in [-0.2, -0.15) is 0 Å². The number of piperidine rings is 1. The molecule has 1 saturated heterocycles. The fraction of sp³-hybridized carbons (Fsp3) is 0.308. The minimum Gasteiger partial charge on any atom is -0.489 e. The van der Waals surface area contributed by atoms with Gasteiger partial charge in [0.25, 0.3) is 5.91 Å². The molecule has 0 unspecified atom stereocenters. The fourth-order valence-electron chi connectivity index (χ4n) is 6.19. The Morgan fingerprint density at radius 1 is 0.792 bits per heavy atom. The number of aromatic nitrogens is 3. The van der Waals surface area contributed by atoms with Crippen LogP contribution in [0.15, 0.2) is 103 Å². The fourth-order valence-corrected chi connectivity index (χ4v) is 6.19. The summed E-state index contributed by atoms with van der Waals surface area (Å²) < 4.78 is 14.3. The van der Waals surface area contributed by atoms with E-state index in [2.05, 4.69) is 20.5 Å². The van der Waals surface area contributed by atoms with Crippen LogP contribution in [0.25, 0.3) is 16.9 Å². The van der Waals surface area contributed by atoms with Gasteiger partial charge in [0.05, 0.1) is 0 Å². The highest BCUT2D eigenvalue weighted by Crippen LogP contribution is 2.34. The Kier molecular flexibility index (Phi) is 9.77. The molecule has 5 aromatic rings. The number of nitrogens with one attached hydrogen (secondary N) is 1. The van der Waals surface area contributed by atoms with Crippen LogP contribution in [0.2, 0.25) is 0 Å². The van der Waals surface area contributed by atoms with Gasteiger partial charge in [-0.1, -0.05) is 90.1 Å². The van der Waals surface area contributed by atoms with Crippen LogP contribution in [0.3, 0.4) is 0 Å². The second-order valence-corrected chi connectivity index (χ2v) is 12.8. The summed E-state index contributed by atoms with van der Waals surface area (Å²) >= 11 is 0. The third kappa shape index (κ3) is 7.75. The molecule has 9 nitrogen and oxygen atoms in total. The Bertz CT molecular complexity index is 1800. The van der Waals surface area contributed by atoms with Crippen LogP contribution in [0.4, 0.5) is 0 Å². The largest absolute Gasteiger partial charge is 0.489 e. The van der Waals surface area contributed by atoms with Crippen LogP contribution in [0.5, 0.6) is 11.5 Å². The number of rotatable bonds is 13. The number of nitrogens with two attached hydrogens (primary N) is 1. The lowest BCUT2D eigenvalue weighted by atomic mass is 10.0. The molecule has 48 heavy (non-hydrogen) atoms. The molecule has 7 rings (SSSR count). The van der Waals surface area contributed by atoms with Crippen molar-refractivity contribution in [1.82, 2.24) is 25.2 Å². The zero-order valence-electron chi connectivity index (χ0n) is 27.1. The highest BCUT2D eigenvalue weighted by Gasteiger charge is 2.30. The van der Waals surface area contributed by atoms with Crippen LogP contribution >= 0.6 is 0 Å². The predicted molar refractivity (Wildman–Crippen MR) is 186 cm³/mol. The lowest BCUT2D eigenvalue weighted by molar-refractivity contribution is 0.0905. The molecule has 2 heterocycles. The van der Waals surface area contributed by atoms with Crippen molar-refractivity contribution in [3.05, 3.63) is 126 Å². The van der Waals surface area contributed by atoms with E-state index in [1.54, 1.807) is 4.68 Å². The lowest BCUT2D eigenvalue weighted by Crippen LogP contribution is -2.45. The molecule has 0 spiro atoms. The van der Waals surface area contributed by atoms with Gasteiger partial charge in [-0.15, -0.1) is 5.10 Å². The van der Waals surface area contributed by atoms with E-state index in [-0.39, 0.29) is 17.6 Å². The Hall–Kier alpha value is -4.99. The maximum absolute atomic E-state index is 13.9. The van der Waals surface area contributed by atoms with Crippen molar-refractivity contribution in [1.29, 1.82) is 0 Å². The highest BCUT2D eigenvalue weighted by atomic mass is 16.5. The molecule has 9 heteroatoms. The molecule has 1 amide bonds. The van der Waals surface area contributed by atoms with E-state index < -0.39 is 0 Å². The van der Waals surface area contributed by atoms with Crippen LogP contribution in [0.1, 0.15) is 52.9 Å². The first kappa shape index (κ1) is 31.6. The number of benzene rings is 4. The third-order valence-corrected chi connectivity index (χ3v) is 9.13. The van der Waals surface area contributed by atoms with Crippen molar-refractivity contribution in [2.45, 2.75) is 51.5 Å². The Balaban J connectivity index is 1.20. The molecule has 4 aromatic carbocycles. The van der Waals surface area contributed by atoms with Crippen LogP contribution in [-0.4, -0.2) is 51.5 Å². The Labute approximate surface area is 281 Å². The summed E-state index contributed by atoms with van der Waals surface area (Å²) in [6, 6.07) is 33.7. The van der Waals surface area contributed by atoms with Gasteiger partial charge in [-0.25, -0.2) is 4.68 Å². The minimum atomic E-state index is -0.227. The van der Waals surface area contributed by atoms with E-state index >= 15 is 0 Å². The molecule has 1 aliphatic carbocycles. The number of carbonyl (C=O) groups is 1. The van der Waals surface area contributed by atoms with Gasteiger partial charge in [0.1, 0.15) is 36.1 Å². The zero-order valence-corrected chi connectivity index (χ0v) is 27.1. The van der Waals surface area contributed by atoms with Gasteiger partial charge in [0, 0.05) is 43.9 Å². The van der Waals surface area contributed by atoms with E-state index in [1.807, 2.05) is 103 Å². The zero-order chi connectivity index (χ0) is 32.7. The summed E-state index contributed by atoms with van der Waals surface area (Å²) in [5.41, 5.74) is 11.3. The van der Waals surface area contributed by atoms with Gasteiger partial charge in [-0.3, -0.25) is 4.79 Å². The van der Waals surface area contributed by atoms with E-state index in [0.29, 0.717) is 42.6 Å². The first-order valence-corrected chi connectivity index (χ1v) is 16.9. The number of hydrogen-bond donors (Lipinski definition) is 2. The molecule has 2 aliphatic rings. The number of likely N-dealkylation sites (tertiary alicyclic amines) is 1. The number of ether oxygens (including phenoxy) is 2.